The Hall–Kier alpha value is -2.69. The van der Waals surface area contributed by atoms with Crippen molar-refractivity contribution in [3.05, 3.63) is 54.1 Å². The van der Waals surface area contributed by atoms with Crippen molar-refractivity contribution in [2.75, 3.05) is 44.3 Å². The van der Waals surface area contributed by atoms with Gasteiger partial charge in [0.25, 0.3) is 0 Å². The van der Waals surface area contributed by atoms with Gasteiger partial charge in [-0.2, -0.15) is 0 Å². The van der Waals surface area contributed by atoms with Crippen LogP contribution in [-0.2, 0) is 10.2 Å². The minimum Gasteiger partial charge on any atom is -0.486 e. The number of anilines is 1. The van der Waals surface area contributed by atoms with Gasteiger partial charge in [0.05, 0.1) is 5.41 Å². The molecule has 2 heterocycles. The third kappa shape index (κ3) is 2.91. The maximum Gasteiger partial charge on any atom is 0.233 e. The number of para-hydroxylation sites is 1. The lowest BCUT2D eigenvalue weighted by molar-refractivity contribution is -0.134. The van der Waals surface area contributed by atoms with Gasteiger partial charge in [0.2, 0.25) is 5.91 Å². The molecule has 2 aromatic carbocycles. The SMILES string of the molecule is O=C(N1CCN(c2ccccc2)CC1)C1(c2ccc3c(c2)OCCO3)CC1. The van der Waals surface area contributed by atoms with Crippen LogP contribution in [0.4, 0.5) is 5.69 Å². The van der Waals surface area contributed by atoms with E-state index >= 15 is 0 Å². The Balaban J connectivity index is 1.30. The van der Waals surface area contributed by atoms with Crippen molar-refractivity contribution in [3.8, 4) is 11.5 Å². The van der Waals surface area contributed by atoms with Gasteiger partial charge in [-0.25, -0.2) is 0 Å². The van der Waals surface area contributed by atoms with Gasteiger partial charge in [0, 0.05) is 31.9 Å². The summed E-state index contributed by atoms with van der Waals surface area (Å²) in [5, 5.41) is 0. The van der Waals surface area contributed by atoms with E-state index in [1.165, 1.54) is 5.69 Å². The molecule has 0 bridgehead atoms. The number of carbonyl (C=O) groups excluding carboxylic acids is 1. The number of nitrogens with zero attached hydrogens (tertiary/aromatic N) is 2. The molecule has 0 radical (unpaired) electrons. The standard InChI is InChI=1S/C22H24N2O3/c25-21(24-12-10-23(11-13-24)18-4-2-1-3-5-18)22(8-9-22)17-6-7-19-20(16-17)27-15-14-26-19/h1-7,16H,8-15H2. The number of hydrogen-bond donors (Lipinski definition) is 0. The van der Waals surface area contributed by atoms with E-state index in [1.807, 2.05) is 29.2 Å². The lowest BCUT2D eigenvalue weighted by Crippen LogP contribution is -2.51. The summed E-state index contributed by atoms with van der Waals surface area (Å²) in [5.41, 5.74) is 1.95. The van der Waals surface area contributed by atoms with Gasteiger partial charge in [-0.05, 0) is 42.7 Å². The summed E-state index contributed by atoms with van der Waals surface area (Å²) in [7, 11) is 0. The summed E-state index contributed by atoms with van der Waals surface area (Å²) in [5.74, 6) is 1.82. The van der Waals surface area contributed by atoms with Crippen molar-refractivity contribution in [1.29, 1.82) is 0 Å². The van der Waals surface area contributed by atoms with Gasteiger partial charge < -0.3 is 19.3 Å². The summed E-state index contributed by atoms with van der Waals surface area (Å²) in [6, 6.07) is 16.4. The molecule has 0 unspecified atom stereocenters. The summed E-state index contributed by atoms with van der Waals surface area (Å²) in [4.78, 5) is 17.7. The lowest BCUT2D eigenvalue weighted by atomic mass is 9.93. The van der Waals surface area contributed by atoms with Crippen molar-refractivity contribution in [3.63, 3.8) is 0 Å². The molecular weight excluding hydrogens is 340 g/mol. The van der Waals surface area contributed by atoms with E-state index in [4.69, 9.17) is 9.47 Å². The topological polar surface area (TPSA) is 42.0 Å². The number of rotatable bonds is 3. The Morgan fingerprint density at radius 3 is 2.26 bits per heavy atom. The van der Waals surface area contributed by atoms with E-state index in [1.54, 1.807) is 0 Å². The van der Waals surface area contributed by atoms with Crippen LogP contribution in [0.5, 0.6) is 11.5 Å². The molecule has 2 aliphatic heterocycles. The van der Waals surface area contributed by atoms with Crippen molar-refractivity contribution in [2.45, 2.75) is 18.3 Å². The Labute approximate surface area is 159 Å². The van der Waals surface area contributed by atoms with Crippen LogP contribution in [0.2, 0.25) is 0 Å². The van der Waals surface area contributed by atoms with Crippen LogP contribution in [0.25, 0.3) is 0 Å². The number of fused-ring (bicyclic) bond motifs is 1. The zero-order valence-corrected chi connectivity index (χ0v) is 15.4. The molecule has 2 fully saturated rings. The number of piperazine rings is 1. The van der Waals surface area contributed by atoms with Gasteiger partial charge in [-0.15, -0.1) is 0 Å². The molecule has 0 atom stereocenters. The fraction of sp³-hybridized carbons (Fsp3) is 0.409. The van der Waals surface area contributed by atoms with Crippen LogP contribution in [0.3, 0.4) is 0 Å². The first kappa shape index (κ1) is 16.5. The van der Waals surface area contributed by atoms with Crippen LogP contribution >= 0.6 is 0 Å². The lowest BCUT2D eigenvalue weighted by Gasteiger charge is -2.38. The Morgan fingerprint density at radius 2 is 1.56 bits per heavy atom. The molecule has 3 aliphatic rings. The molecule has 5 nitrogen and oxygen atoms in total. The number of hydrogen-bond acceptors (Lipinski definition) is 4. The average Bonchev–Trinajstić information content (AvgIpc) is 3.56. The van der Waals surface area contributed by atoms with E-state index in [-0.39, 0.29) is 11.3 Å². The molecule has 1 saturated heterocycles. The highest BCUT2D eigenvalue weighted by atomic mass is 16.6. The minimum absolute atomic E-state index is 0.270. The van der Waals surface area contributed by atoms with Crippen LogP contribution < -0.4 is 14.4 Å². The molecular formula is C22H24N2O3. The first-order chi connectivity index (χ1) is 13.3. The summed E-state index contributed by atoms with van der Waals surface area (Å²) in [6.07, 6.45) is 1.84. The maximum atomic E-state index is 13.3. The van der Waals surface area contributed by atoms with Crippen molar-refractivity contribution in [1.82, 2.24) is 4.90 Å². The summed E-state index contributed by atoms with van der Waals surface area (Å²) >= 11 is 0. The highest BCUT2D eigenvalue weighted by molar-refractivity contribution is 5.91. The van der Waals surface area contributed by atoms with Crippen molar-refractivity contribution < 1.29 is 14.3 Å². The molecule has 0 aromatic heterocycles. The maximum absolute atomic E-state index is 13.3. The number of amides is 1. The molecule has 5 rings (SSSR count). The van der Waals surface area contributed by atoms with Crippen molar-refractivity contribution in [2.24, 2.45) is 0 Å². The van der Waals surface area contributed by atoms with E-state index in [9.17, 15) is 4.79 Å². The molecule has 1 saturated carbocycles. The summed E-state index contributed by atoms with van der Waals surface area (Å²) in [6.45, 7) is 4.47. The Morgan fingerprint density at radius 1 is 0.852 bits per heavy atom. The van der Waals surface area contributed by atoms with Gasteiger partial charge in [0.1, 0.15) is 13.2 Å². The quantitative estimate of drug-likeness (QED) is 0.840. The predicted octanol–water partition coefficient (Wildman–Crippen LogP) is 2.84. The zero-order chi connectivity index (χ0) is 18.3. The molecule has 1 amide bonds. The van der Waals surface area contributed by atoms with Gasteiger partial charge >= 0.3 is 0 Å². The average molecular weight is 364 g/mol. The molecule has 1 aliphatic carbocycles. The molecule has 2 aromatic rings. The Bertz CT molecular complexity index is 840. The highest BCUT2D eigenvalue weighted by Crippen LogP contribution is 2.51. The predicted molar refractivity (Wildman–Crippen MR) is 104 cm³/mol. The third-order valence-electron chi connectivity index (χ3n) is 5.94. The number of ether oxygens (including phenoxy) is 2. The second-order valence-electron chi connectivity index (χ2n) is 7.56. The van der Waals surface area contributed by atoms with E-state index in [2.05, 4.69) is 29.2 Å². The van der Waals surface area contributed by atoms with Gasteiger partial charge in [-0.1, -0.05) is 24.3 Å². The van der Waals surface area contributed by atoms with Crippen LogP contribution in [0.1, 0.15) is 18.4 Å². The first-order valence-electron chi connectivity index (χ1n) is 9.76. The van der Waals surface area contributed by atoms with Crippen LogP contribution in [0, 0.1) is 0 Å². The number of benzene rings is 2. The van der Waals surface area contributed by atoms with Gasteiger partial charge in [-0.3, -0.25) is 4.79 Å². The Kier molecular flexibility index (Phi) is 3.96. The smallest absolute Gasteiger partial charge is 0.233 e. The first-order valence-corrected chi connectivity index (χ1v) is 9.76. The zero-order valence-electron chi connectivity index (χ0n) is 15.4. The van der Waals surface area contributed by atoms with E-state index < -0.39 is 0 Å². The second kappa shape index (κ2) is 6.48. The second-order valence-corrected chi connectivity index (χ2v) is 7.56. The third-order valence-corrected chi connectivity index (χ3v) is 5.94. The fourth-order valence-electron chi connectivity index (χ4n) is 4.20. The van der Waals surface area contributed by atoms with Crippen LogP contribution in [-0.4, -0.2) is 50.2 Å². The van der Waals surface area contributed by atoms with Crippen LogP contribution in [0.15, 0.2) is 48.5 Å². The van der Waals surface area contributed by atoms with E-state index in [0.29, 0.717) is 13.2 Å². The van der Waals surface area contributed by atoms with Crippen molar-refractivity contribution >= 4 is 11.6 Å². The molecule has 0 spiro atoms. The molecule has 140 valence electrons. The highest BCUT2D eigenvalue weighted by Gasteiger charge is 2.53. The molecule has 0 N–H and O–H groups in total. The summed E-state index contributed by atoms with van der Waals surface area (Å²) < 4.78 is 11.3. The van der Waals surface area contributed by atoms with Gasteiger partial charge in [0.15, 0.2) is 11.5 Å². The van der Waals surface area contributed by atoms with E-state index in [0.717, 1.165) is 56.1 Å². The fourth-order valence-corrected chi connectivity index (χ4v) is 4.20. The number of carbonyl (C=O) groups is 1. The largest absolute Gasteiger partial charge is 0.486 e. The monoisotopic (exact) mass is 364 g/mol. The molecule has 27 heavy (non-hydrogen) atoms. The minimum atomic E-state index is -0.356. The normalized spacial score (nSPS) is 20.3. The molecule has 5 heteroatoms.